The number of aromatic amines is 1. The van der Waals surface area contributed by atoms with Gasteiger partial charge in [-0.2, -0.15) is 0 Å². The molecule has 1 heterocycles. The summed E-state index contributed by atoms with van der Waals surface area (Å²) in [5, 5.41) is 23.6. The minimum atomic E-state index is -2.06. The Bertz CT molecular complexity index is 1000. The molecule has 3 nitrogen and oxygen atoms in total. The second-order valence-corrected chi connectivity index (χ2v) is 10.0. The summed E-state index contributed by atoms with van der Waals surface area (Å²) in [4.78, 5) is 2.57. The van der Waals surface area contributed by atoms with E-state index in [1.807, 2.05) is 18.2 Å². The van der Waals surface area contributed by atoms with Crippen molar-refractivity contribution in [2.24, 2.45) is 0 Å². The van der Waals surface area contributed by atoms with Crippen LogP contribution in [0, 0.1) is 0 Å². The Morgan fingerprint density at radius 1 is 0.679 bits per heavy atom. The highest BCUT2D eigenvalue weighted by molar-refractivity contribution is 7.94. The van der Waals surface area contributed by atoms with Crippen molar-refractivity contribution in [3.8, 4) is 11.8 Å². The van der Waals surface area contributed by atoms with Crippen molar-refractivity contribution in [1.82, 2.24) is 4.98 Å². The minimum Gasteiger partial charge on any atom is -0.495 e. The zero-order valence-corrected chi connectivity index (χ0v) is 16.3. The van der Waals surface area contributed by atoms with E-state index in [2.05, 4.69) is 83.6 Å². The van der Waals surface area contributed by atoms with Crippen LogP contribution in [0.1, 0.15) is 5.56 Å². The Hall–Kier alpha value is -3.16. The molecule has 4 heteroatoms. The molecular formula is C24H22NO2P. The molecule has 0 unspecified atom stereocenters. The molecule has 1 aromatic heterocycles. The maximum Gasteiger partial charge on any atom is 0.194 e. The van der Waals surface area contributed by atoms with Gasteiger partial charge >= 0.3 is 0 Å². The molecule has 0 saturated heterocycles. The lowest BCUT2D eigenvalue weighted by Gasteiger charge is -2.29. The average molecular weight is 387 g/mol. The van der Waals surface area contributed by atoms with E-state index in [0.29, 0.717) is 12.0 Å². The van der Waals surface area contributed by atoms with Crippen molar-refractivity contribution < 1.29 is 10.2 Å². The molecule has 0 aliphatic carbocycles. The molecule has 4 rings (SSSR count). The van der Waals surface area contributed by atoms with Gasteiger partial charge in [0.05, 0.1) is 0 Å². The number of H-pyrrole nitrogens is 1. The standard InChI is InChI=1S/C24H22NO2P/c26-23-18-19(24(27)25-23)16-17-28(20-10-4-1-5-11-20,21-12-6-2-7-13-21)22-14-8-3-9-15-22/h1-15,17-18,25-27H,16H2. The highest BCUT2D eigenvalue weighted by atomic mass is 31.2. The first kappa shape index (κ1) is 18.2. The predicted octanol–water partition coefficient (Wildman–Crippen LogP) is 3.76. The van der Waals surface area contributed by atoms with Gasteiger partial charge in [-0.1, -0.05) is 96.8 Å². The highest BCUT2D eigenvalue weighted by Crippen LogP contribution is 2.44. The van der Waals surface area contributed by atoms with Crippen LogP contribution in [-0.2, 0) is 6.42 Å². The van der Waals surface area contributed by atoms with Gasteiger partial charge in [0, 0.05) is 11.6 Å². The fraction of sp³-hybridized carbons (Fsp3) is 0.0417. The summed E-state index contributed by atoms with van der Waals surface area (Å²) in [5.41, 5.74) is 0.685. The quantitative estimate of drug-likeness (QED) is 0.457. The third kappa shape index (κ3) is 3.37. The van der Waals surface area contributed by atoms with Crippen LogP contribution in [0.4, 0.5) is 0 Å². The molecule has 3 N–H and O–H groups in total. The van der Waals surface area contributed by atoms with E-state index in [9.17, 15) is 10.2 Å². The highest BCUT2D eigenvalue weighted by Gasteiger charge is 2.24. The van der Waals surface area contributed by atoms with Crippen LogP contribution in [0.3, 0.4) is 0 Å². The monoisotopic (exact) mass is 387 g/mol. The number of rotatable bonds is 5. The van der Waals surface area contributed by atoms with Crippen LogP contribution in [0.15, 0.2) is 97.1 Å². The van der Waals surface area contributed by atoms with Gasteiger partial charge < -0.3 is 10.2 Å². The SMILES string of the molecule is Oc1cc(CC=P(c2ccccc2)(c2ccccc2)c2ccccc2)c(O)[nH]1. The Balaban J connectivity index is 2.01. The van der Waals surface area contributed by atoms with Gasteiger partial charge in [-0.05, 0) is 29.2 Å². The molecule has 0 amide bonds. The fourth-order valence-corrected chi connectivity index (χ4v) is 7.54. The Morgan fingerprint density at radius 2 is 1.11 bits per heavy atom. The summed E-state index contributed by atoms with van der Waals surface area (Å²) in [6, 6.07) is 33.2. The lowest BCUT2D eigenvalue weighted by atomic mass is 10.2. The number of hydrogen-bond donors (Lipinski definition) is 3. The summed E-state index contributed by atoms with van der Waals surface area (Å²) in [6.07, 6.45) is 0.537. The Labute approximate surface area is 164 Å². The third-order valence-electron chi connectivity index (χ3n) is 4.94. The third-order valence-corrected chi connectivity index (χ3v) is 9.01. The van der Waals surface area contributed by atoms with Gasteiger partial charge in [-0.3, -0.25) is 4.98 Å². The van der Waals surface area contributed by atoms with Crippen LogP contribution in [0.25, 0.3) is 0 Å². The second-order valence-electron chi connectivity index (χ2n) is 6.64. The first-order valence-electron chi connectivity index (χ1n) is 9.20. The predicted molar refractivity (Wildman–Crippen MR) is 119 cm³/mol. The van der Waals surface area contributed by atoms with Crippen molar-refractivity contribution in [1.29, 1.82) is 0 Å². The number of aromatic nitrogens is 1. The summed E-state index contributed by atoms with van der Waals surface area (Å²) >= 11 is 0. The van der Waals surface area contributed by atoms with E-state index < -0.39 is 6.89 Å². The number of hydrogen-bond acceptors (Lipinski definition) is 2. The number of aromatic hydroxyl groups is 2. The van der Waals surface area contributed by atoms with E-state index in [1.54, 1.807) is 6.07 Å². The molecule has 0 fully saturated rings. The molecular weight excluding hydrogens is 365 g/mol. The first-order chi connectivity index (χ1) is 13.7. The smallest absolute Gasteiger partial charge is 0.194 e. The fourth-order valence-electron chi connectivity index (χ4n) is 3.61. The summed E-state index contributed by atoms with van der Waals surface area (Å²) in [5.74, 6) is 2.31. The number of benzene rings is 3. The van der Waals surface area contributed by atoms with Crippen LogP contribution in [0.2, 0.25) is 0 Å². The van der Waals surface area contributed by atoms with Gasteiger partial charge in [-0.15, -0.1) is 0 Å². The molecule has 0 spiro atoms. The van der Waals surface area contributed by atoms with Gasteiger partial charge in [-0.25, -0.2) is 0 Å². The van der Waals surface area contributed by atoms with Gasteiger partial charge in [0.1, 0.15) is 0 Å². The lowest BCUT2D eigenvalue weighted by molar-refractivity contribution is 0.424. The van der Waals surface area contributed by atoms with Crippen LogP contribution >= 0.6 is 6.89 Å². The largest absolute Gasteiger partial charge is 0.495 e. The van der Waals surface area contributed by atoms with Gasteiger partial charge in [0.15, 0.2) is 11.8 Å². The molecule has 3 aromatic carbocycles. The van der Waals surface area contributed by atoms with E-state index in [1.165, 1.54) is 15.9 Å². The molecule has 0 atom stereocenters. The van der Waals surface area contributed by atoms with Gasteiger partial charge in [0.2, 0.25) is 0 Å². The van der Waals surface area contributed by atoms with Crippen LogP contribution in [-0.4, -0.2) is 21.0 Å². The molecule has 140 valence electrons. The van der Waals surface area contributed by atoms with Crippen molar-refractivity contribution >= 4 is 28.6 Å². The van der Waals surface area contributed by atoms with Crippen molar-refractivity contribution in [3.05, 3.63) is 103 Å². The molecule has 0 saturated carbocycles. The number of nitrogens with one attached hydrogen (secondary N) is 1. The van der Waals surface area contributed by atoms with Crippen molar-refractivity contribution in [2.75, 3.05) is 0 Å². The maximum atomic E-state index is 10.1. The average Bonchev–Trinajstić information content (AvgIpc) is 3.08. The van der Waals surface area contributed by atoms with Crippen molar-refractivity contribution in [2.45, 2.75) is 6.42 Å². The van der Waals surface area contributed by atoms with E-state index in [0.717, 1.165) is 0 Å². The topological polar surface area (TPSA) is 56.2 Å². The molecule has 4 aromatic rings. The normalized spacial score (nSPS) is 11.3. The van der Waals surface area contributed by atoms with Crippen molar-refractivity contribution in [3.63, 3.8) is 0 Å². The summed E-state index contributed by atoms with van der Waals surface area (Å²) in [6.45, 7) is -2.06. The lowest BCUT2D eigenvalue weighted by Crippen LogP contribution is -2.27. The summed E-state index contributed by atoms with van der Waals surface area (Å²) in [7, 11) is 0. The Morgan fingerprint density at radius 3 is 1.46 bits per heavy atom. The zero-order valence-electron chi connectivity index (χ0n) is 15.4. The van der Waals surface area contributed by atoms with E-state index in [4.69, 9.17) is 0 Å². The molecule has 0 radical (unpaired) electrons. The maximum absolute atomic E-state index is 10.1. The molecule has 0 aliphatic heterocycles. The molecule has 28 heavy (non-hydrogen) atoms. The minimum absolute atomic E-state index is 0.0148. The van der Waals surface area contributed by atoms with E-state index in [-0.39, 0.29) is 11.8 Å². The summed E-state index contributed by atoms with van der Waals surface area (Å²) < 4.78 is 0. The van der Waals surface area contributed by atoms with Crippen LogP contribution < -0.4 is 15.9 Å². The Kier molecular flexibility index (Phi) is 5.10. The zero-order chi connectivity index (χ0) is 19.4. The van der Waals surface area contributed by atoms with Crippen LogP contribution in [0.5, 0.6) is 11.8 Å². The van der Waals surface area contributed by atoms with E-state index >= 15 is 0 Å². The molecule has 0 bridgehead atoms. The first-order valence-corrected chi connectivity index (χ1v) is 11.1. The molecule has 0 aliphatic rings. The van der Waals surface area contributed by atoms with Gasteiger partial charge in [0.25, 0.3) is 0 Å². The second kappa shape index (κ2) is 7.84.